The van der Waals surface area contributed by atoms with Crippen LogP contribution in [0.1, 0.15) is 0 Å². The number of hydrogen-bond acceptors (Lipinski definition) is 3. The first-order chi connectivity index (χ1) is 17.2. The van der Waals surface area contributed by atoms with E-state index in [1.54, 1.807) is 15.7 Å². The summed E-state index contributed by atoms with van der Waals surface area (Å²) in [4.78, 5) is 20.0. The molecule has 0 aliphatic carbocycles. The number of fused-ring (bicyclic) bond motifs is 9. The quantitative estimate of drug-likeness (QED) is 0.270. The fraction of sp³-hybridized carbons (Fsp3) is 0.0345. The van der Waals surface area contributed by atoms with Crippen LogP contribution in [-0.2, 0) is 7.05 Å². The van der Waals surface area contributed by atoms with Crippen LogP contribution in [0.25, 0.3) is 64.6 Å². The minimum absolute atomic E-state index is 0.0468. The predicted octanol–water partition coefficient (Wildman–Crippen LogP) is 6.65. The fourth-order valence-corrected chi connectivity index (χ4v) is 6.64. The third-order valence-electron chi connectivity index (χ3n) is 7.11. The van der Waals surface area contributed by atoms with Crippen molar-refractivity contribution in [3.63, 3.8) is 0 Å². The monoisotopic (exact) mass is 470 g/mol. The molecule has 0 amide bonds. The van der Waals surface area contributed by atoms with Gasteiger partial charge in [0, 0.05) is 28.7 Å². The van der Waals surface area contributed by atoms with Crippen molar-refractivity contribution in [2.75, 3.05) is 0 Å². The number of hydrogen-bond donors (Lipinski definition) is 0. The Hall–Kier alpha value is -4.42. The average Bonchev–Trinajstić information content (AvgIpc) is 3.53. The predicted molar refractivity (Wildman–Crippen MR) is 145 cm³/mol. The molecular formula is C29H18N4OS. The van der Waals surface area contributed by atoms with Crippen LogP contribution >= 0.6 is 11.3 Å². The summed E-state index contributed by atoms with van der Waals surface area (Å²) in [5, 5.41) is 3.35. The van der Waals surface area contributed by atoms with Gasteiger partial charge in [-0.1, -0.05) is 72.0 Å². The highest BCUT2D eigenvalue weighted by atomic mass is 32.1. The van der Waals surface area contributed by atoms with Gasteiger partial charge in [0.15, 0.2) is 4.96 Å². The summed E-state index contributed by atoms with van der Waals surface area (Å²) in [5.41, 5.74) is 6.41. The molecule has 6 heteroatoms. The Labute approximate surface area is 202 Å². The number of benzene rings is 4. The molecule has 4 aromatic heterocycles. The second kappa shape index (κ2) is 6.58. The molecule has 0 bridgehead atoms. The van der Waals surface area contributed by atoms with Gasteiger partial charge in [0.1, 0.15) is 11.0 Å². The van der Waals surface area contributed by atoms with Crippen LogP contribution in [0.3, 0.4) is 0 Å². The molecular weight excluding hydrogens is 452 g/mol. The Morgan fingerprint density at radius 2 is 1.37 bits per heavy atom. The van der Waals surface area contributed by atoms with Crippen molar-refractivity contribution in [2.24, 2.45) is 7.05 Å². The Kier molecular flexibility index (Phi) is 3.56. The summed E-state index contributed by atoms with van der Waals surface area (Å²) in [6, 6.07) is 31.0. The minimum Gasteiger partial charge on any atom is -0.342 e. The van der Waals surface area contributed by atoms with Crippen LogP contribution in [0.15, 0.2) is 95.8 Å². The largest absolute Gasteiger partial charge is 0.342 e. The number of rotatable bonds is 1. The minimum atomic E-state index is -0.0468. The van der Waals surface area contributed by atoms with Crippen molar-refractivity contribution in [2.45, 2.75) is 0 Å². The van der Waals surface area contributed by atoms with Crippen LogP contribution in [0.4, 0.5) is 0 Å². The lowest BCUT2D eigenvalue weighted by atomic mass is 10.1. The molecule has 0 saturated carbocycles. The van der Waals surface area contributed by atoms with E-state index in [4.69, 9.17) is 4.98 Å². The molecule has 5 nitrogen and oxygen atoms in total. The lowest BCUT2D eigenvalue weighted by molar-refractivity contribution is 1.000. The van der Waals surface area contributed by atoms with E-state index in [1.165, 1.54) is 10.8 Å². The van der Waals surface area contributed by atoms with Crippen molar-refractivity contribution >= 4 is 70.3 Å². The third-order valence-corrected chi connectivity index (χ3v) is 8.13. The third kappa shape index (κ3) is 2.32. The van der Waals surface area contributed by atoms with Crippen molar-refractivity contribution in [3.8, 4) is 5.69 Å². The first-order valence-electron chi connectivity index (χ1n) is 11.5. The molecule has 4 heterocycles. The number of aryl methyl sites for hydroxylation is 1. The van der Waals surface area contributed by atoms with Crippen LogP contribution in [0.2, 0.25) is 0 Å². The van der Waals surface area contributed by atoms with Gasteiger partial charge >= 0.3 is 0 Å². The van der Waals surface area contributed by atoms with E-state index in [9.17, 15) is 4.79 Å². The smallest absolute Gasteiger partial charge is 0.283 e. The summed E-state index contributed by atoms with van der Waals surface area (Å²) in [6.45, 7) is 0. The molecule has 0 aliphatic rings. The summed E-state index contributed by atoms with van der Waals surface area (Å²) < 4.78 is 7.15. The molecule has 0 saturated heterocycles. The van der Waals surface area contributed by atoms with Gasteiger partial charge < -0.3 is 9.13 Å². The molecule has 0 unspecified atom stereocenters. The van der Waals surface area contributed by atoms with E-state index >= 15 is 0 Å². The Balaban J connectivity index is 1.64. The standard InChI is InChI=1S/C29H18N4OS/c1-31-20-12-4-2-9-17(20)18-11-8-15-23(26(18)31)32-21-13-5-3-10-19(21)25-27(32)28(34)33-22-14-6-7-16-24(22)35-29(33)30-25/h2-16H,1H3. The maximum Gasteiger partial charge on any atom is 0.283 e. The van der Waals surface area contributed by atoms with Crippen LogP contribution in [0.5, 0.6) is 0 Å². The van der Waals surface area contributed by atoms with Gasteiger partial charge in [0.2, 0.25) is 0 Å². The number of nitrogens with zero attached hydrogens (tertiary/aromatic N) is 4. The Bertz CT molecular complexity index is 2210. The SMILES string of the molecule is Cn1c2ccccc2c2cccc(-n3c4ccccc4c4nc5sc6ccccc6n5c(=O)c43)c21. The second-order valence-corrected chi connectivity index (χ2v) is 9.91. The highest BCUT2D eigenvalue weighted by molar-refractivity contribution is 7.23. The molecule has 0 radical (unpaired) electrons. The normalized spacial score (nSPS) is 12.3. The molecule has 0 fully saturated rings. The van der Waals surface area contributed by atoms with Crippen molar-refractivity contribution in [1.82, 2.24) is 18.5 Å². The number of para-hydroxylation sites is 4. The number of thiazole rings is 1. The van der Waals surface area contributed by atoms with E-state index in [0.29, 0.717) is 5.52 Å². The zero-order valence-electron chi connectivity index (χ0n) is 18.8. The molecule has 0 N–H and O–H groups in total. The maximum atomic E-state index is 14.2. The van der Waals surface area contributed by atoms with Gasteiger partial charge in [-0.05, 0) is 30.3 Å². The van der Waals surface area contributed by atoms with E-state index in [0.717, 1.165) is 48.3 Å². The number of aromatic nitrogens is 4. The van der Waals surface area contributed by atoms with Crippen LogP contribution < -0.4 is 5.56 Å². The van der Waals surface area contributed by atoms with Crippen molar-refractivity contribution in [1.29, 1.82) is 0 Å². The van der Waals surface area contributed by atoms with Gasteiger partial charge in [0.05, 0.1) is 26.9 Å². The molecule has 4 aromatic carbocycles. The highest BCUT2D eigenvalue weighted by Crippen LogP contribution is 2.37. The maximum absolute atomic E-state index is 14.2. The van der Waals surface area contributed by atoms with E-state index in [-0.39, 0.29) is 5.56 Å². The van der Waals surface area contributed by atoms with Gasteiger partial charge in [-0.3, -0.25) is 4.79 Å². The van der Waals surface area contributed by atoms with Gasteiger partial charge in [-0.2, -0.15) is 0 Å². The van der Waals surface area contributed by atoms with Crippen molar-refractivity contribution < 1.29 is 0 Å². The molecule has 8 rings (SSSR count). The summed E-state index contributed by atoms with van der Waals surface area (Å²) in [5.74, 6) is 0. The lowest BCUT2D eigenvalue weighted by Crippen LogP contribution is -2.16. The van der Waals surface area contributed by atoms with Gasteiger partial charge in [-0.25, -0.2) is 9.38 Å². The van der Waals surface area contributed by atoms with Crippen LogP contribution in [-0.4, -0.2) is 18.5 Å². The summed E-state index contributed by atoms with van der Waals surface area (Å²) in [7, 11) is 2.09. The molecule has 0 spiro atoms. The lowest BCUT2D eigenvalue weighted by Gasteiger charge is -2.11. The molecule has 166 valence electrons. The van der Waals surface area contributed by atoms with Gasteiger partial charge in [-0.15, -0.1) is 0 Å². The summed E-state index contributed by atoms with van der Waals surface area (Å²) in [6.07, 6.45) is 0. The first kappa shape index (κ1) is 18.9. The van der Waals surface area contributed by atoms with Crippen molar-refractivity contribution in [3.05, 3.63) is 101 Å². The van der Waals surface area contributed by atoms with E-state index in [1.807, 2.05) is 36.4 Å². The van der Waals surface area contributed by atoms with E-state index in [2.05, 4.69) is 70.8 Å². The van der Waals surface area contributed by atoms with Gasteiger partial charge in [0.25, 0.3) is 5.56 Å². The first-order valence-corrected chi connectivity index (χ1v) is 12.3. The average molecular weight is 471 g/mol. The Morgan fingerprint density at radius 1 is 0.686 bits per heavy atom. The molecule has 8 aromatic rings. The van der Waals surface area contributed by atoms with Crippen LogP contribution in [0, 0.1) is 0 Å². The zero-order chi connectivity index (χ0) is 23.3. The second-order valence-electron chi connectivity index (χ2n) is 8.90. The summed E-state index contributed by atoms with van der Waals surface area (Å²) >= 11 is 1.55. The molecule has 0 atom stereocenters. The fourth-order valence-electron chi connectivity index (χ4n) is 5.62. The topological polar surface area (TPSA) is 44.2 Å². The zero-order valence-corrected chi connectivity index (χ0v) is 19.6. The molecule has 0 aliphatic heterocycles. The Morgan fingerprint density at radius 3 is 2.23 bits per heavy atom. The highest BCUT2D eigenvalue weighted by Gasteiger charge is 2.22. The molecule has 35 heavy (non-hydrogen) atoms. The van der Waals surface area contributed by atoms with E-state index < -0.39 is 0 Å².